The van der Waals surface area contributed by atoms with E-state index in [1.165, 1.54) is 0 Å². The summed E-state index contributed by atoms with van der Waals surface area (Å²) < 4.78 is 5.54. The maximum absolute atomic E-state index is 11.9. The molecular weight excluding hydrogens is 486 g/mol. The fourth-order valence-corrected chi connectivity index (χ4v) is 5.12. The highest BCUT2D eigenvalue weighted by atomic mass is 32.2. The quantitative estimate of drug-likeness (QED) is 0.337. The number of hydrogen-bond acceptors (Lipinski definition) is 9. The van der Waals surface area contributed by atoms with Crippen LogP contribution in [-0.2, 0) is 0 Å². The molecule has 1 atom stereocenters. The number of anilines is 2. The highest BCUT2D eigenvalue weighted by Crippen LogP contribution is 2.35. The van der Waals surface area contributed by atoms with E-state index in [0.29, 0.717) is 23.2 Å². The Morgan fingerprint density at radius 1 is 1.14 bits per heavy atom. The summed E-state index contributed by atoms with van der Waals surface area (Å²) in [6.07, 6.45) is 5.68. The number of likely N-dealkylation sites (tertiary alicyclic amines) is 1. The fourth-order valence-electron chi connectivity index (χ4n) is 4.27. The normalized spacial score (nSPS) is 15.1. The van der Waals surface area contributed by atoms with Gasteiger partial charge in [-0.3, -0.25) is 4.79 Å². The molecule has 37 heavy (non-hydrogen) atoms. The van der Waals surface area contributed by atoms with E-state index in [1.54, 1.807) is 38.3 Å². The zero-order valence-electron chi connectivity index (χ0n) is 21.8. The maximum Gasteiger partial charge on any atom is 0.251 e. The minimum absolute atomic E-state index is 0.134. The van der Waals surface area contributed by atoms with Crippen molar-refractivity contribution in [1.29, 1.82) is 0 Å². The van der Waals surface area contributed by atoms with E-state index in [1.807, 2.05) is 36.5 Å². The average molecular weight is 522 g/mol. The Morgan fingerprint density at radius 3 is 2.65 bits per heavy atom. The first-order chi connectivity index (χ1) is 18.0. The van der Waals surface area contributed by atoms with Gasteiger partial charge in [0.2, 0.25) is 0 Å². The number of pyridine rings is 1. The largest absolute Gasteiger partial charge is 0.496 e. The molecule has 0 bridgehead atoms. The Morgan fingerprint density at radius 2 is 1.95 bits per heavy atom. The van der Waals surface area contributed by atoms with Crippen molar-refractivity contribution in [3.8, 4) is 17.0 Å². The van der Waals surface area contributed by atoms with Crippen molar-refractivity contribution in [3.05, 3.63) is 60.0 Å². The first-order valence-electron chi connectivity index (χ1n) is 12.5. The predicted molar refractivity (Wildman–Crippen MR) is 150 cm³/mol. The van der Waals surface area contributed by atoms with Gasteiger partial charge in [0.25, 0.3) is 5.91 Å². The summed E-state index contributed by atoms with van der Waals surface area (Å²) in [5.41, 5.74) is 3.37. The lowest BCUT2D eigenvalue weighted by Gasteiger charge is -2.29. The molecule has 0 radical (unpaired) electrons. The number of thioether (sulfide) groups is 1. The van der Waals surface area contributed by atoms with Gasteiger partial charge in [0.15, 0.2) is 0 Å². The number of ether oxygens (including phenoxy) is 1. The predicted octanol–water partition coefficient (Wildman–Crippen LogP) is 4.28. The number of aromatic nitrogens is 3. The number of nitrogens with zero attached hydrogens (tertiary/aromatic N) is 4. The summed E-state index contributed by atoms with van der Waals surface area (Å²) in [5.74, 6) is 2.86. The SMILES string of the molecule is CNC(=O)c1ccc([C@H](C)SCNc2cc(-c3ccc(NC4CCN(C)CC4)nc3)ncn2)c(OC)c1. The zero-order valence-corrected chi connectivity index (χ0v) is 22.6. The highest BCUT2D eigenvalue weighted by Gasteiger charge is 2.17. The molecule has 0 aliphatic carbocycles. The third-order valence-electron chi connectivity index (χ3n) is 6.54. The molecule has 3 aromatic rings. The smallest absolute Gasteiger partial charge is 0.251 e. The van der Waals surface area contributed by atoms with Crippen LogP contribution in [0.1, 0.15) is 40.9 Å². The van der Waals surface area contributed by atoms with Crippen LogP contribution in [-0.4, -0.2) is 72.0 Å². The van der Waals surface area contributed by atoms with Crippen LogP contribution in [0.25, 0.3) is 11.3 Å². The van der Waals surface area contributed by atoms with Gasteiger partial charge in [-0.1, -0.05) is 6.07 Å². The van der Waals surface area contributed by atoms with Gasteiger partial charge < -0.3 is 25.6 Å². The molecule has 1 aliphatic heterocycles. The second-order valence-corrected chi connectivity index (χ2v) is 10.4. The van der Waals surface area contributed by atoms with E-state index in [0.717, 1.165) is 54.4 Å². The Bertz CT molecular complexity index is 1180. The molecule has 4 rings (SSSR count). The van der Waals surface area contributed by atoms with Crippen LogP contribution in [0.5, 0.6) is 5.75 Å². The molecule has 1 fully saturated rings. The van der Waals surface area contributed by atoms with Crippen LogP contribution in [0.4, 0.5) is 11.6 Å². The molecule has 1 amide bonds. The standard InChI is InChI=1S/C27H35N7O2S/c1-18(22-7-5-19(27(35)28-2)13-24(22)36-4)37-17-32-26-14-23(30-16-31-26)20-6-8-25(29-15-20)33-21-9-11-34(3)12-10-21/h5-8,13-16,18,21H,9-12,17H2,1-4H3,(H,28,35)(H,29,33)(H,30,31,32)/t18-/m0/s1. The number of hydrogen-bond donors (Lipinski definition) is 3. The van der Waals surface area contributed by atoms with Gasteiger partial charge in [0, 0.05) is 47.3 Å². The molecule has 1 aliphatic rings. The van der Waals surface area contributed by atoms with Crippen molar-refractivity contribution in [2.24, 2.45) is 0 Å². The Kier molecular flexibility index (Phi) is 9.19. The van der Waals surface area contributed by atoms with Crippen LogP contribution in [0, 0.1) is 0 Å². The number of piperidine rings is 1. The van der Waals surface area contributed by atoms with Crippen molar-refractivity contribution < 1.29 is 9.53 Å². The topological polar surface area (TPSA) is 104 Å². The first kappa shape index (κ1) is 26.7. The molecule has 196 valence electrons. The number of rotatable bonds is 10. The molecular formula is C27H35N7O2S. The van der Waals surface area contributed by atoms with Gasteiger partial charge in [-0.15, -0.1) is 11.8 Å². The van der Waals surface area contributed by atoms with Gasteiger partial charge in [-0.25, -0.2) is 15.0 Å². The Labute approximate surface area is 222 Å². The number of amides is 1. The van der Waals surface area contributed by atoms with Crippen LogP contribution in [0.2, 0.25) is 0 Å². The minimum Gasteiger partial charge on any atom is -0.496 e. The number of carbonyl (C=O) groups is 1. The Balaban J connectivity index is 1.32. The molecule has 3 N–H and O–H groups in total. The molecule has 0 saturated carbocycles. The summed E-state index contributed by atoms with van der Waals surface area (Å²) in [6, 6.07) is 12.0. The molecule has 9 nitrogen and oxygen atoms in total. The molecule has 3 heterocycles. The molecule has 0 unspecified atom stereocenters. The second-order valence-electron chi connectivity index (χ2n) is 9.11. The van der Waals surface area contributed by atoms with Crippen LogP contribution < -0.4 is 20.7 Å². The fraction of sp³-hybridized carbons (Fsp3) is 0.407. The van der Waals surface area contributed by atoms with Crippen molar-refractivity contribution in [2.45, 2.75) is 31.1 Å². The van der Waals surface area contributed by atoms with Gasteiger partial charge in [0.05, 0.1) is 18.7 Å². The minimum atomic E-state index is -0.134. The van der Waals surface area contributed by atoms with E-state index in [2.05, 4.69) is 49.8 Å². The van der Waals surface area contributed by atoms with Gasteiger partial charge >= 0.3 is 0 Å². The monoisotopic (exact) mass is 521 g/mol. The van der Waals surface area contributed by atoms with E-state index in [-0.39, 0.29) is 11.2 Å². The van der Waals surface area contributed by atoms with Crippen molar-refractivity contribution in [2.75, 3.05) is 50.8 Å². The second kappa shape index (κ2) is 12.7. The lowest BCUT2D eigenvalue weighted by Crippen LogP contribution is -2.36. The molecule has 0 spiro atoms. The summed E-state index contributed by atoms with van der Waals surface area (Å²) in [7, 11) is 5.40. The highest BCUT2D eigenvalue weighted by molar-refractivity contribution is 7.99. The summed E-state index contributed by atoms with van der Waals surface area (Å²) in [6.45, 7) is 4.34. The third-order valence-corrected chi connectivity index (χ3v) is 7.61. The van der Waals surface area contributed by atoms with Gasteiger partial charge in [0.1, 0.15) is 23.7 Å². The molecule has 2 aromatic heterocycles. The van der Waals surface area contributed by atoms with E-state index >= 15 is 0 Å². The summed E-state index contributed by atoms with van der Waals surface area (Å²) in [5, 5.41) is 9.71. The van der Waals surface area contributed by atoms with Crippen LogP contribution in [0.15, 0.2) is 48.9 Å². The molecule has 1 saturated heterocycles. The number of nitrogens with one attached hydrogen (secondary N) is 3. The maximum atomic E-state index is 11.9. The Hall–Kier alpha value is -3.37. The van der Waals surface area contributed by atoms with Crippen LogP contribution in [0.3, 0.4) is 0 Å². The number of methoxy groups -OCH3 is 1. The summed E-state index contributed by atoms with van der Waals surface area (Å²) >= 11 is 1.72. The lowest BCUT2D eigenvalue weighted by atomic mass is 10.1. The zero-order chi connectivity index (χ0) is 26.2. The average Bonchev–Trinajstić information content (AvgIpc) is 2.94. The number of benzene rings is 1. The van der Waals surface area contributed by atoms with E-state index < -0.39 is 0 Å². The molecule has 10 heteroatoms. The lowest BCUT2D eigenvalue weighted by molar-refractivity contribution is 0.0962. The number of carbonyl (C=O) groups excluding carboxylic acids is 1. The first-order valence-corrected chi connectivity index (χ1v) is 13.5. The van der Waals surface area contributed by atoms with Gasteiger partial charge in [-0.2, -0.15) is 0 Å². The van der Waals surface area contributed by atoms with Crippen molar-refractivity contribution in [1.82, 2.24) is 25.2 Å². The molecule has 1 aromatic carbocycles. The van der Waals surface area contributed by atoms with Gasteiger partial charge in [-0.05, 0) is 64.2 Å². The van der Waals surface area contributed by atoms with E-state index in [9.17, 15) is 4.79 Å². The van der Waals surface area contributed by atoms with Crippen LogP contribution >= 0.6 is 11.8 Å². The third kappa shape index (κ3) is 7.11. The summed E-state index contributed by atoms with van der Waals surface area (Å²) in [4.78, 5) is 27.7. The van der Waals surface area contributed by atoms with Crippen molar-refractivity contribution in [3.63, 3.8) is 0 Å². The van der Waals surface area contributed by atoms with E-state index in [4.69, 9.17) is 4.74 Å². The van der Waals surface area contributed by atoms with Crippen molar-refractivity contribution >= 4 is 29.3 Å².